The standard InChI is InChI=1S/C23H21N5O6S2/c1-15-12-13-18(35(30,31)27-19-10-6-7-11-21(19)36(32,33)34)14-20(15)24-25-22-16(2)26-28(23(22)29)17-8-4-3-5-9-17/h3-14,22,27H,1-2H3,(H,32,33,34). The Hall–Kier alpha value is -3.94. The maximum Gasteiger partial charge on any atom is 0.296 e. The second-order valence-corrected chi connectivity index (χ2v) is 10.9. The molecule has 0 aromatic heterocycles. The molecule has 1 aliphatic rings. The summed E-state index contributed by atoms with van der Waals surface area (Å²) in [5, 5.41) is 13.7. The van der Waals surface area contributed by atoms with Gasteiger partial charge in [0.05, 0.1) is 27.7 Å². The van der Waals surface area contributed by atoms with Crippen LogP contribution in [0.1, 0.15) is 12.5 Å². The molecule has 0 saturated heterocycles. The summed E-state index contributed by atoms with van der Waals surface area (Å²) in [5.74, 6) is -0.396. The average molecular weight is 528 g/mol. The number of benzene rings is 3. The lowest BCUT2D eigenvalue weighted by molar-refractivity contribution is -0.117. The maximum absolute atomic E-state index is 13.0. The molecule has 0 radical (unpaired) electrons. The lowest BCUT2D eigenvalue weighted by Crippen LogP contribution is -2.29. The number of carbonyl (C=O) groups is 1. The number of rotatable bonds is 7. The second-order valence-electron chi connectivity index (χ2n) is 7.87. The van der Waals surface area contributed by atoms with E-state index in [1.165, 1.54) is 41.4 Å². The van der Waals surface area contributed by atoms with Gasteiger partial charge in [-0.25, -0.2) is 8.42 Å². The van der Waals surface area contributed by atoms with Gasteiger partial charge < -0.3 is 0 Å². The van der Waals surface area contributed by atoms with Gasteiger partial charge in [-0.1, -0.05) is 36.4 Å². The largest absolute Gasteiger partial charge is 0.296 e. The van der Waals surface area contributed by atoms with Gasteiger partial charge in [0, 0.05) is 0 Å². The lowest BCUT2D eigenvalue weighted by Gasteiger charge is -2.12. The van der Waals surface area contributed by atoms with Crippen molar-refractivity contribution in [3.05, 3.63) is 78.4 Å². The van der Waals surface area contributed by atoms with Crippen LogP contribution in [0.15, 0.2) is 97.9 Å². The number of azo groups is 1. The van der Waals surface area contributed by atoms with Crippen molar-refractivity contribution in [1.29, 1.82) is 0 Å². The SMILES string of the molecule is CC1=NN(c2ccccc2)C(=O)C1N=Nc1cc(S(=O)(=O)Nc2ccccc2S(=O)(=O)O)ccc1C. The van der Waals surface area contributed by atoms with Crippen LogP contribution in [0.25, 0.3) is 0 Å². The number of hydrogen-bond acceptors (Lipinski definition) is 8. The van der Waals surface area contributed by atoms with Crippen molar-refractivity contribution in [2.45, 2.75) is 29.7 Å². The summed E-state index contributed by atoms with van der Waals surface area (Å²) in [6.07, 6.45) is 0. The Morgan fingerprint density at radius 1 is 0.944 bits per heavy atom. The number of nitrogens with zero attached hydrogens (tertiary/aromatic N) is 4. The first-order valence-electron chi connectivity index (χ1n) is 10.5. The molecule has 1 heterocycles. The van der Waals surface area contributed by atoms with Crippen LogP contribution in [0.5, 0.6) is 0 Å². The average Bonchev–Trinajstić information content (AvgIpc) is 3.11. The zero-order valence-corrected chi connectivity index (χ0v) is 20.7. The quantitative estimate of drug-likeness (QED) is 0.350. The highest BCUT2D eigenvalue weighted by molar-refractivity contribution is 7.93. The normalized spacial score (nSPS) is 16.4. The minimum absolute atomic E-state index is 0.194. The van der Waals surface area contributed by atoms with Crippen molar-refractivity contribution in [3.8, 4) is 0 Å². The summed E-state index contributed by atoms with van der Waals surface area (Å²) in [6, 6.07) is 17.0. The molecular formula is C23H21N5O6S2. The Labute approximate surface area is 208 Å². The molecule has 0 aliphatic carbocycles. The molecule has 3 aromatic carbocycles. The number of amides is 1. The fraction of sp³-hybridized carbons (Fsp3) is 0.130. The number of anilines is 2. The minimum atomic E-state index is -4.66. The van der Waals surface area contributed by atoms with Crippen LogP contribution < -0.4 is 9.73 Å². The van der Waals surface area contributed by atoms with Gasteiger partial charge in [0.25, 0.3) is 26.0 Å². The van der Waals surface area contributed by atoms with Crippen molar-refractivity contribution in [2.24, 2.45) is 15.3 Å². The molecule has 1 unspecified atom stereocenters. The molecule has 0 saturated carbocycles. The minimum Gasteiger partial charge on any atom is -0.282 e. The second kappa shape index (κ2) is 9.60. The van der Waals surface area contributed by atoms with E-state index in [0.717, 1.165) is 6.07 Å². The number of hydrogen-bond donors (Lipinski definition) is 2. The van der Waals surface area contributed by atoms with E-state index in [0.29, 0.717) is 17.0 Å². The molecule has 13 heteroatoms. The van der Waals surface area contributed by atoms with E-state index in [1.54, 1.807) is 38.1 Å². The Balaban J connectivity index is 1.60. The van der Waals surface area contributed by atoms with Crippen LogP contribution in [-0.4, -0.2) is 39.0 Å². The van der Waals surface area contributed by atoms with Gasteiger partial charge in [0.1, 0.15) is 4.90 Å². The van der Waals surface area contributed by atoms with Gasteiger partial charge >= 0.3 is 0 Å². The van der Waals surface area contributed by atoms with Gasteiger partial charge in [-0.2, -0.15) is 28.8 Å². The highest BCUT2D eigenvalue weighted by Crippen LogP contribution is 2.29. The van der Waals surface area contributed by atoms with E-state index in [2.05, 4.69) is 20.1 Å². The molecule has 1 aliphatic heterocycles. The van der Waals surface area contributed by atoms with Crippen LogP contribution >= 0.6 is 0 Å². The zero-order valence-electron chi connectivity index (χ0n) is 19.1. The summed E-state index contributed by atoms with van der Waals surface area (Å²) < 4.78 is 60.7. The monoisotopic (exact) mass is 527 g/mol. The molecule has 0 spiro atoms. The van der Waals surface area contributed by atoms with E-state index in [4.69, 9.17) is 0 Å². The van der Waals surface area contributed by atoms with E-state index in [1.807, 2.05) is 6.07 Å². The first kappa shape index (κ1) is 25.2. The Morgan fingerprint density at radius 2 is 1.61 bits per heavy atom. The summed E-state index contributed by atoms with van der Waals surface area (Å²) in [6.45, 7) is 3.34. The molecule has 186 valence electrons. The van der Waals surface area contributed by atoms with Crippen molar-refractivity contribution >= 4 is 48.8 Å². The number of para-hydroxylation sites is 2. The van der Waals surface area contributed by atoms with Crippen LogP contribution in [0.4, 0.5) is 17.1 Å². The first-order chi connectivity index (χ1) is 17.0. The predicted octanol–water partition coefficient (Wildman–Crippen LogP) is 3.92. The fourth-order valence-electron chi connectivity index (χ4n) is 3.41. The summed E-state index contributed by atoms with van der Waals surface area (Å²) in [5.41, 5.74) is 1.49. The van der Waals surface area contributed by atoms with Crippen molar-refractivity contribution in [2.75, 3.05) is 9.73 Å². The van der Waals surface area contributed by atoms with E-state index in [9.17, 15) is 26.2 Å². The smallest absolute Gasteiger partial charge is 0.282 e. The molecule has 0 bridgehead atoms. The Kier molecular flexibility index (Phi) is 6.71. The molecular weight excluding hydrogens is 506 g/mol. The summed E-state index contributed by atoms with van der Waals surface area (Å²) in [7, 11) is -8.93. The lowest BCUT2D eigenvalue weighted by atomic mass is 10.2. The molecule has 1 amide bonds. The third-order valence-electron chi connectivity index (χ3n) is 5.28. The number of sulfonamides is 1. The van der Waals surface area contributed by atoms with Gasteiger partial charge in [0.15, 0.2) is 6.04 Å². The van der Waals surface area contributed by atoms with Crippen molar-refractivity contribution < 1.29 is 26.2 Å². The molecule has 11 nitrogen and oxygen atoms in total. The molecule has 4 rings (SSSR count). The molecule has 1 atom stereocenters. The number of hydrazone groups is 1. The third-order valence-corrected chi connectivity index (χ3v) is 7.55. The van der Waals surface area contributed by atoms with Crippen LogP contribution in [-0.2, 0) is 24.9 Å². The molecule has 3 aromatic rings. The van der Waals surface area contributed by atoms with Gasteiger partial charge in [-0.3, -0.25) is 14.1 Å². The zero-order chi connectivity index (χ0) is 26.1. The van der Waals surface area contributed by atoms with Crippen LogP contribution in [0, 0.1) is 6.92 Å². The van der Waals surface area contributed by atoms with Gasteiger partial charge in [-0.15, -0.1) is 0 Å². The highest BCUT2D eigenvalue weighted by atomic mass is 32.2. The van der Waals surface area contributed by atoms with Crippen LogP contribution in [0.2, 0.25) is 0 Å². The number of nitrogens with one attached hydrogen (secondary N) is 1. The summed E-state index contributed by atoms with van der Waals surface area (Å²) in [4.78, 5) is 12.0. The summed E-state index contributed by atoms with van der Waals surface area (Å²) >= 11 is 0. The van der Waals surface area contributed by atoms with Crippen molar-refractivity contribution in [3.63, 3.8) is 0 Å². The fourth-order valence-corrected chi connectivity index (χ4v) is 5.22. The number of aryl methyl sites for hydroxylation is 1. The topological polar surface area (TPSA) is 158 Å². The highest BCUT2D eigenvalue weighted by Gasteiger charge is 2.34. The van der Waals surface area contributed by atoms with Crippen molar-refractivity contribution in [1.82, 2.24) is 0 Å². The molecule has 36 heavy (non-hydrogen) atoms. The Morgan fingerprint density at radius 3 is 2.31 bits per heavy atom. The first-order valence-corrected chi connectivity index (χ1v) is 13.4. The van der Waals surface area contributed by atoms with E-state index < -0.39 is 37.0 Å². The van der Waals surface area contributed by atoms with E-state index in [-0.39, 0.29) is 16.3 Å². The van der Waals surface area contributed by atoms with Gasteiger partial charge in [-0.05, 0) is 55.8 Å². The third kappa shape index (κ3) is 5.17. The predicted molar refractivity (Wildman–Crippen MR) is 134 cm³/mol. The maximum atomic E-state index is 13.0. The van der Waals surface area contributed by atoms with E-state index >= 15 is 0 Å². The molecule has 2 N–H and O–H groups in total. The van der Waals surface area contributed by atoms with Gasteiger partial charge in [0.2, 0.25) is 0 Å². The Bertz CT molecular complexity index is 1600. The molecule has 0 fully saturated rings. The van der Waals surface area contributed by atoms with Crippen LogP contribution in [0.3, 0.4) is 0 Å². The number of carbonyl (C=O) groups excluding carboxylic acids is 1.